The largest absolute Gasteiger partial charge is 0.478 e. The third kappa shape index (κ3) is 1.98. The summed E-state index contributed by atoms with van der Waals surface area (Å²) in [6, 6.07) is 14.5. The maximum absolute atomic E-state index is 5.44. The summed E-state index contributed by atoms with van der Waals surface area (Å²) in [5.74, 6) is 1.65. The van der Waals surface area contributed by atoms with Crippen LogP contribution in [-0.4, -0.2) is 21.6 Å². The molecule has 1 aromatic carbocycles. The number of imidazole rings is 1. The quantitative estimate of drug-likeness (QED) is 0.796. The Morgan fingerprint density at radius 2 is 1.90 bits per heavy atom. The van der Waals surface area contributed by atoms with Crippen molar-refractivity contribution in [2.24, 2.45) is 0 Å². The van der Waals surface area contributed by atoms with Gasteiger partial charge in [-0.2, -0.15) is 4.98 Å². The second-order valence-corrected chi connectivity index (χ2v) is 5.49. The highest BCUT2D eigenvalue weighted by atomic mass is 16.5. The third-order valence-corrected chi connectivity index (χ3v) is 4.14. The highest BCUT2D eigenvalue weighted by molar-refractivity contribution is 5.72. The highest BCUT2D eigenvalue weighted by Gasteiger charge is 2.48. The van der Waals surface area contributed by atoms with Crippen molar-refractivity contribution >= 4 is 11.2 Å². The maximum Gasteiger partial charge on any atom is 0.215 e. The Kier molecular flexibility index (Phi) is 2.70. The summed E-state index contributed by atoms with van der Waals surface area (Å²) in [6.45, 7) is 2.57. The first kappa shape index (κ1) is 12.4. The Labute approximate surface area is 123 Å². The normalized spacial score (nSPS) is 16.0. The van der Waals surface area contributed by atoms with Gasteiger partial charge in [-0.15, -0.1) is 0 Å². The fraction of sp³-hybridized carbons (Fsp3) is 0.294. The van der Waals surface area contributed by atoms with Crippen LogP contribution in [0.4, 0.5) is 0 Å². The fourth-order valence-electron chi connectivity index (χ4n) is 2.87. The number of nitrogens with zero attached hydrogens (tertiary/aromatic N) is 2. The van der Waals surface area contributed by atoms with Crippen molar-refractivity contribution in [1.29, 1.82) is 0 Å². The van der Waals surface area contributed by atoms with Crippen molar-refractivity contribution in [2.75, 3.05) is 6.61 Å². The molecule has 3 aromatic rings. The van der Waals surface area contributed by atoms with Crippen molar-refractivity contribution in [1.82, 2.24) is 15.0 Å². The van der Waals surface area contributed by atoms with E-state index in [0.29, 0.717) is 12.5 Å². The number of aromatic amines is 1. The summed E-state index contributed by atoms with van der Waals surface area (Å²) in [6.07, 6.45) is 2.27. The van der Waals surface area contributed by atoms with Gasteiger partial charge in [0.15, 0.2) is 5.65 Å². The monoisotopic (exact) mass is 279 g/mol. The van der Waals surface area contributed by atoms with E-state index in [4.69, 9.17) is 9.72 Å². The molecule has 4 heteroatoms. The van der Waals surface area contributed by atoms with Gasteiger partial charge in [0.2, 0.25) is 5.88 Å². The lowest BCUT2D eigenvalue weighted by molar-refractivity contribution is 0.328. The van der Waals surface area contributed by atoms with Gasteiger partial charge in [0, 0.05) is 6.07 Å². The van der Waals surface area contributed by atoms with Gasteiger partial charge in [-0.05, 0) is 31.4 Å². The molecule has 4 nitrogen and oxygen atoms in total. The number of ether oxygens (including phenoxy) is 1. The predicted octanol–water partition coefficient (Wildman–Crippen LogP) is 3.44. The van der Waals surface area contributed by atoms with Crippen LogP contribution in [0.25, 0.3) is 11.2 Å². The molecule has 1 fully saturated rings. The molecule has 21 heavy (non-hydrogen) atoms. The van der Waals surface area contributed by atoms with Crippen LogP contribution in [0, 0.1) is 0 Å². The van der Waals surface area contributed by atoms with E-state index in [2.05, 4.69) is 34.2 Å². The third-order valence-electron chi connectivity index (χ3n) is 4.14. The number of H-pyrrole nitrogens is 1. The molecule has 0 atom stereocenters. The van der Waals surface area contributed by atoms with Gasteiger partial charge in [0.25, 0.3) is 0 Å². The summed E-state index contributed by atoms with van der Waals surface area (Å²) < 4.78 is 5.44. The molecule has 2 heterocycles. The Hall–Kier alpha value is -2.36. The molecule has 1 N–H and O–H groups in total. The van der Waals surface area contributed by atoms with Gasteiger partial charge < -0.3 is 9.72 Å². The van der Waals surface area contributed by atoms with Crippen LogP contribution >= 0.6 is 0 Å². The van der Waals surface area contributed by atoms with E-state index in [1.54, 1.807) is 0 Å². The molecule has 0 aliphatic heterocycles. The molecular weight excluding hydrogens is 262 g/mol. The number of hydrogen-bond donors (Lipinski definition) is 1. The Bertz CT molecular complexity index is 775. The average Bonchev–Trinajstić information content (AvgIpc) is 3.22. The lowest BCUT2D eigenvalue weighted by Crippen LogP contribution is -2.10. The first-order valence-corrected chi connectivity index (χ1v) is 7.37. The molecule has 0 spiro atoms. The standard InChI is InChI=1S/C17H17N3O/c1-2-21-14-9-8-13-15(19-14)20-16(18-13)17(10-11-17)12-6-4-3-5-7-12/h3-9H,2,10-11H2,1H3,(H,18,19,20). The van der Waals surface area contributed by atoms with Gasteiger partial charge in [-0.3, -0.25) is 0 Å². The molecule has 0 bridgehead atoms. The van der Waals surface area contributed by atoms with E-state index >= 15 is 0 Å². The van der Waals surface area contributed by atoms with E-state index < -0.39 is 0 Å². The van der Waals surface area contributed by atoms with Crippen molar-refractivity contribution < 1.29 is 4.74 Å². The van der Waals surface area contributed by atoms with Crippen LogP contribution < -0.4 is 4.74 Å². The fourth-order valence-corrected chi connectivity index (χ4v) is 2.87. The van der Waals surface area contributed by atoms with Gasteiger partial charge in [0.05, 0.1) is 17.5 Å². The Balaban J connectivity index is 1.77. The second kappa shape index (κ2) is 4.58. The SMILES string of the molecule is CCOc1ccc2[nH]c(C3(c4ccccc4)CC3)nc2n1. The first-order valence-electron chi connectivity index (χ1n) is 7.37. The van der Waals surface area contributed by atoms with Crippen molar-refractivity contribution in [2.45, 2.75) is 25.2 Å². The molecule has 106 valence electrons. The van der Waals surface area contributed by atoms with Gasteiger partial charge >= 0.3 is 0 Å². The minimum absolute atomic E-state index is 0.0493. The highest BCUT2D eigenvalue weighted by Crippen LogP contribution is 2.52. The summed E-state index contributed by atoms with van der Waals surface area (Å²) in [4.78, 5) is 12.6. The maximum atomic E-state index is 5.44. The number of fused-ring (bicyclic) bond motifs is 1. The lowest BCUT2D eigenvalue weighted by atomic mass is 9.95. The summed E-state index contributed by atoms with van der Waals surface area (Å²) in [5, 5.41) is 0. The Morgan fingerprint density at radius 3 is 2.62 bits per heavy atom. The molecule has 2 aromatic heterocycles. The summed E-state index contributed by atoms with van der Waals surface area (Å²) >= 11 is 0. The van der Waals surface area contributed by atoms with Gasteiger partial charge in [-0.1, -0.05) is 30.3 Å². The smallest absolute Gasteiger partial charge is 0.215 e. The van der Waals surface area contributed by atoms with Crippen LogP contribution in [0.1, 0.15) is 31.2 Å². The number of hydrogen-bond acceptors (Lipinski definition) is 3. The number of rotatable bonds is 4. The second-order valence-electron chi connectivity index (χ2n) is 5.49. The van der Waals surface area contributed by atoms with Crippen molar-refractivity contribution in [3.63, 3.8) is 0 Å². The minimum atomic E-state index is 0.0493. The van der Waals surface area contributed by atoms with E-state index in [-0.39, 0.29) is 5.41 Å². The molecular formula is C17H17N3O. The molecule has 0 saturated heterocycles. The molecule has 0 amide bonds. The zero-order valence-electron chi connectivity index (χ0n) is 12.0. The van der Waals surface area contributed by atoms with E-state index in [0.717, 1.165) is 29.8 Å². The summed E-state index contributed by atoms with van der Waals surface area (Å²) in [5.41, 5.74) is 3.08. The number of pyridine rings is 1. The van der Waals surface area contributed by atoms with Crippen LogP contribution in [0.15, 0.2) is 42.5 Å². The van der Waals surface area contributed by atoms with E-state index in [9.17, 15) is 0 Å². The molecule has 1 saturated carbocycles. The molecule has 0 unspecified atom stereocenters. The van der Waals surface area contributed by atoms with Gasteiger partial charge in [0.1, 0.15) is 5.82 Å². The zero-order chi connectivity index (χ0) is 14.3. The number of benzene rings is 1. The average molecular weight is 279 g/mol. The predicted molar refractivity (Wildman–Crippen MR) is 81.5 cm³/mol. The van der Waals surface area contributed by atoms with Crippen LogP contribution in [0.5, 0.6) is 5.88 Å². The minimum Gasteiger partial charge on any atom is -0.478 e. The number of aromatic nitrogens is 3. The molecule has 4 rings (SSSR count). The van der Waals surface area contributed by atoms with Crippen molar-refractivity contribution in [3.8, 4) is 5.88 Å². The zero-order valence-corrected chi connectivity index (χ0v) is 12.0. The number of nitrogens with one attached hydrogen (secondary N) is 1. The van der Waals surface area contributed by atoms with E-state index in [1.165, 1.54) is 5.56 Å². The lowest BCUT2D eigenvalue weighted by Gasteiger charge is -2.12. The van der Waals surface area contributed by atoms with Crippen LogP contribution in [0.2, 0.25) is 0 Å². The van der Waals surface area contributed by atoms with Crippen LogP contribution in [-0.2, 0) is 5.41 Å². The molecule has 1 aliphatic carbocycles. The van der Waals surface area contributed by atoms with E-state index in [1.807, 2.05) is 25.1 Å². The summed E-state index contributed by atoms with van der Waals surface area (Å²) in [7, 11) is 0. The van der Waals surface area contributed by atoms with Crippen LogP contribution in [0.3, 0.4) is 0 Å². The Morgan fingerprint density at radius 1 is 1.10 bits per heavy atom. The van der Waals surface area contributed by atoms with Gasteiger partial charge in [-0.25, -0.2) is 4.98 Å². The molecule has 1 aliphatic rings. The first-order chi connectivity index (χ1) is 10.3. The van der Waals surface area contributed by atoms with Crippen molar-refractivity contribution in [3.05, 3.63) is 53.9 Å². The molecule has 0 radical (unpaired) electrons. The topological polar surface area (TPSA) is 50.8 Å².